The molecule has 6 nitrogen and oxygen atoms in total. The van der Waals surface area contributed by atoms with Crippen LogP contribution in [0.2, 0.25) is 0 Å². The van der Waals surface area contributed by atoms with Crippen molar-refractivity contribution in [1.29, 1.82) is 0 Å². The van der Waals surface area contributed by atoms with E-state index >= 15 is 0 Å². The summed E-state index contributed by atoms with van der Waals surface area (Å²) < 4.78 is 2.43. The van der Waals surface area contributed by atoms with Crippen molar-refractivity contribution >= 4 is 33.9 Å². The molecule has 4 rings (SSSR count). The Morgan fingerprint density at radius 3 is 3.14 bits per heavy atom. The molecule has 112 valence electrons. The topological polar surface area (TPSA) is 72.2 Å². The molecule has 0 saturated heterocycles. The van der Waals surface area contributed by atoms with Gasteiger partial charge in [0.15, 0.2) is 4.34 Å². The first-order chi connectivity index (χ1) is 10.8. The number of thioether (sulfide) groups is 1. The highest BCUT2D eigenvalue weighted by atomic mass is 32.2. The Hall–Kier alpha value is -1.93. The second kappa shape index (κ2) is 5.69. The van der Waals surface area contributed by atoms with Gasteiger partial charge in [0.1, 0.15) is 5.65 Å². The minimum Gasteiger partial charge on any atom is -0.357 e. The molecule has 3 aromatic rings. The zero-order valence-corrected chi connectivity index (χ0v) is 13.2. The van der Waals surface area contributed by atoms with E-state index in [1.54, 1.807) is 35.4 Å². The Morgan fingerprint density at radius 2 is 2.27 bits per heavy atom. The number of nitrogens with one attached hydrogen (secondary N) is 1. The minimum atomic E-state index is -0.0606. The molecule has 0 aromatic carbocycles. The van der Waals surface area contributed by atoms with E-state index in [0.717, 1.165) is 15.2 Å². The van der Waals surface area contributed by atoms with Crippen LogP contribution in [0.25, 0.3) is 5.65 Å². The zero-order chi connectivity index (χ0) is 14.9. The van der Waals surface area contributed by atoms with E-state index in [-0.39, 0.29) is 5.56 Å². The van der Waals surface area contributed by atoms with E-state index in [0.29, 0.717) is 17.4 Å². The van der Waals surface area contributed by atoms with Gasteiger partial charge in [0.25, 0.3) is 5.56 Å². The molecule has 1 aliphatic carbocycles. The molecule has 0 unspecified atom stereocenters. The molecule has 0 aliphatic heterocycles. The third kappa shape index (κ3) is 2.97. The van der Waals surface area contributed by atoms with Gasteiger partial charge in [0.2, 0.25) is 5.13 Å². The molecule has 22 heavy (non-hydrogen) atoms. The maximum atomic E-state index is 12.0. The molecule has 1 saturated carbocycles. The van der Waals surface area contributed by atoms with Gasteiger partial charge in [-0.2, -0.15) is 0 Å². The number of rotatable bonds is 5. The maximum Gasteiger partial charge on any atom is 0.258 e. The number of hydrogen-bond donors (Lipinski definition) is 1. The lowest BCUT2D eigenvalue weighted by atomic mass is 10.4. The van der Waals surface area contributed by atoms with Crippen LogP contribution in [-0.4, -0.2) is 25.6 Å². The fraction of sp³-hybridized carbons (Fsp3) is 0.286. The predicted octanol–water partition coefficient (Wildman–Crippen LogP) is 2.41. The largest absolute Gasteiger partial charge is 0.357 e. The first-order valence-corrected chi connectivity index (χ1v) is 8.78. The van der Waals surface area contributed by atoms with Crippen LogP contribution in [0, 0.1) is 0 Å². The Balaban J connectivity index is 1.48. The Labute approximate surface area is 134 Å². The van der Waals surface area contributed by atoms with E-state index in [4.69, 9.17) is 0 Å². The molecule has 0 atom stereocenters. The lowest BCUT2D eigenvalue weighted by Gasteiger charge is -2.02. The van der Waals surface area contributed by atoms with Crippen LogP contribution in [-0.2, 0) is 5.75 Å². The summed E-state index contributed by atoms with van der Waals surface area (Å²) in [6.07, 6.45) is 4.15. The third-order valence-electron chi connectivity index (χ3n) is 3.28. The van der Waals surface area contributed by atoms with E-state index in [1.807, 2.05) is 18.2 Å². The highest BCUT2D eigenvalue weighted by molar-refractivity contribution is 8.00. The molecule has 0 amide bonds. The minimum absolute atomic E-state index is 0.0606. The van der Waals surface area contributed by atoms with Gasteiger partial charge in [-0.3, -0.25) is 9.20 Å². The molecule has 1 aliphatic rings. The number of aromatic nitrogens is 4. The van der Waals surface area contributed by atoms with Gasteiger partial charge in [-0.25, -0.2) is 4.98 Å². The van der Waals surface area contributed by atoms with Crippen LogP contribution in [0.4, 0.5) is 5.13 Å². The van der Waals surface area contributed by atoms with Crippen molar-refractivity contribution in [2.24, 2.45) is 0 Å². The Morgan fingerprint density at radius 1 is 1.36 bits per heavy atom. The fourth-order valence-corrected chi connectivity index (χ4v) is 3.76. The summed E-state index contributed by atoms with van der Waals surface area (Å²) in [5.41, 5.74) is 1.36. The van der Waals surface area contributed by atoms with Crippen LogP contribution >= 0.6 is 23.1 Å². The molecule has 1 fully saturated rings. The van der Waals surface area contributed by atoms with Crippen LogP contribution in [0.15, 0.2) is 39.6 Å². The summed E-state index contributed by atoms with van der Waals surface area (Å²) in [6, 6.07) is 7.68. The number of fused-ring (bicyclic) bond motifs is 1. The average Bonchev–Trinajstić information content (AvgIpc) is 3.22. The van der Waals surface area contributed by atoms with Gasteiger partial charge in [-0.1, -0.05) is 29.2 Å². The van der Waals surface area contributed by atoms with E-state index in [2.05, 4.69) is 20.5 Å². The van der Waals surface area contributed by atoms with E-state index in [9.17, 15) is 4.79 Å². The number of hydrogen-bond acceptors (Lipinski definition) is 7. The number of nitrogens with zero attached hydrogens (tertiary/aromatic N) is 4. The molecule has 0 spiro atoms. The molecule has 0 bridgehead atoms. The second-order valence-corrected chi connectivity index (χ2v) is 7.29. The highest BCUT2D eigenvalue weighted by Crippen LogP contribution is 2.31. The Kier molecular flexibility index (Phi) is 3.55. The van der Waals surface area contributed by atoms with Gasteiger partial charge in [-0.05, 0) is 25.0 Å². The first kappa shape index (κ1) is 13.7. The van der Waals surface area contributed by atoms with Crippen LogP contribution in [0.1, 0.15) is 18.5 Å². The fourth-order valence-electron chi connectivity index (χ4n) is 2.04. The van der Waals surface area contributed by atoms with Crippen molar-refractivity contribution < 1.29 is 0 Å². The van der Waals surface area contributed by atoms with Crippen molar-refractivity contribution in [3.05, 3.63) is 46.5 Å². The van der Waals surface area contributed by atoms with Gasteiger partial charge >= 0.3 is 0 Å². The Bertz CT molecular complexity index is 871. The second-order valence-electron chi connectivity index (χ2n) is 5.09. The van der Waals surface area contributed by atoms with Crippen LogP contribution in [0.5, 0.6) is 0 Å². The zero-order valence-electron chi connectivity index (χ0n) is 11.6. The van der Waals surface area contributed by atoms with Crippen molar-refractivity contribution in [2.45, 2.75) is 29.0 Å². The van der Waals surface area contributed by atoms with Gasteiger partial charge in [-0.15, -0.1) is 10.2 Å². The summed E-state index contributed by atoms with van der Waals surface area (Å²) in [6.45, 7) is 0. The molecular formula is C14H13N5OS2. The lowest BCUT2D eigenvalue weighted by molar-refractivity contribution is 0.989. The number of pyridine rings is 1. The van der Waals surface area contributed by atoms with Crippen molar-refractivity contribution in [3.8, 4) is 0 Å². The molecular weight excluding hydrogens is 318 g/mol. The normalized spacial score (nSPS) is 14.4. The molecule has 1 N–H and O–H groups in total. The van der Waals surface area contributed by atoms with E-state index < -0.39 is 0 Å². The third-order valence-corrected chi connectivity index (χ3v) is 5.30. The quantitative estimate of drug-likeness (QED) is 0.724. The lowest BCUT2D eigenvalue weighted by Crippen LogP contribution is -2.14. The summed E-state index contributed by atoms with van der Waals surface area (Å²) in [5.74, 6) is 0.610. The van der Waals surface area contributed by atoms with Crippen molar-refractivity contribution in [2.75, 3.05) is 5.32 Å². The monoisotopic (exact) mass is 331 g/mol. The van der Waals surface area contributed by atoms with Gasteiger partial charge < -0.3 is 5.32 Å². The molecule has 8 heteroatoms. The standard InChI is InChI=1S/C14H13N5OS2/c20-12-7-10(15-11-3-1-2-6-19(11)12)8-21-14-18-17-13(22-14)16-9-4-5-9/h1-3,6-7,9H,4-5,8H2,(H,16,17). The summed E-state index contributed by atoms with van der Waals surface area (Å²) >= 11 is 3.10. The van der Waals surface area contributed by atoms with Gasteiger partial charge in [0.05, 0.1) is 5.69 Å². The molecule has 3 aromatic heterocycles. The molecule has 3 heterocycles. The first-order valence-electron chi connectivity index (χ1n) is 6.98. The van der Waals surface area contributed by atoms with Crippen molar-refractivity contribution in [3.63, 3.8) is 0 Å². The number of anilines is 1. The van der Waals surface area contributed by atoms with Crippen LogP contribution < -0.4 is 10.9 Å². The predicted molar refractivity (Wildman–Crippen MR) is 87.6 cm³/mol. The molecule has 0 radical (unpaired) electrons. The van der Waals surface area contributed by atoms with Gasteiger partial charge in [0, 0.05) is 24.1 Å². The SMILES string of the molecule is O=c1cc(CSc2nnc(NC3CC3)s2)nc2ccccn12. The summed E-state index contributed by atoms with van der Waals surface area (Å²) in [4.78, 5) is 16.5. The van der Waals surface area contributed by atoms with E-state index in [1.165, 1.54) is 17.2 Å². The highest BCUT2D eigenvalue weighted by Gasteiger charge is 2.22. The maximum absolute atomic E-state index is 12.0. The smallest absolute Gasteiger partial charge is 0.258 e. The van der Waals surface area contributed by atoms with Crippen LogP contribution in [0.3, 0.4) is 0 Å². The van der Waals surface area contributed by atoms with Crippen molar-refractivity contribution in [1.82, 2.24) is 19.6 Å². The summed E-state index contributed by atoms with van der Waals surface area (Å²) in [7, 11) is 0. The summed E-state index contributed by atoms with van der Waals surface area (Å²) in [5, 5.41) is 12.5. The average molecular weight is 331 g/mol.